The van der Waals surface area contributed by atoms with Crippen LogP contribution in [0.1, 0.15) is 16.7 Å². The molecule has 0 atom stereocenters. The number of hydrogen-bond acceptors (Lipinski definition) is 2. The Hall–Kier alpha value is -2.14. The van der Waals surface area contributed by atoms with Gasteiger partial charge in [0.2, 0.25) is 0 Å². The van der Waals surface area contributed by atoms with Crippen molar-refractivity contribution < 1.29 is 0 Å². The van der Waals surface area contributed by atoms with Crippen LogP contribution >= 0.6 is 0 Å². The lowest BCUT2D eigenvalue weighted by atomic mass is 10.1. The smallest absolute Gasteiger partial charge is 0.101 e. The molecule has 1 aromatic carbocycles. The Bertz CT molecular complexity index is 545. The van der Waals surface area contributed by atoms with E-state index in [-0.39, 0.29) is 0 Å². The van der Waals surface area contributed by atoms with Crippen molar-refractivity contribution in [2.75, 3.05) is 0 Å². The highest BCUT2D eigenvalue weighted by atomic mass is 14.4. The third-order valence-corrected chi connectivity index (χ3v) is 2.39. The quantitative estimate of drug-likeness (QED) is 0.676. The molecular formula is C13H10N2. The second-order valence-corrected chi connectivity index (χ2v) is 3.39. The van der Waals surface area contributed by atoms with Crippen molar-refractivity contribution in [3.05, 3.63) is 58.5 Å². The zero-order chi connectivity index (χ0) is 10.7. The van der Waals surface area contributed by atoms with Gasteiger partial charge in [0.1, 0.15) is 6.07 Å². The van der Waals surface area contributed by atoms with E-state index in [0.29, 0.717) is 10.9 Å². The predicted molar refractivity (Wildman–Crippen MR) is 58.9 cm³/mol. The fourth-order valence-electron chi connectivity index (χ4n) is 1.57. The molecule has 2 rings (SSSR count). The number of rotatable bonds is 0. The van der Waals surface area contributed by atoms with E-state index in [1.165, 1.54) is 0 Å². The molecule has 0 radical (unpaired) electrons. The van der Waals surface area contributed by atoms with Crippen LogP contribution in [0.4, 0.5) is 0 Å². The minimum atomic E-state index is 0.294. The Morgan fingerprint density at radius 2 is 2.13 bits per heavy atom. The molecule has 2 heteroatoms. The van der Waals surface area contributed by atoms with Crippen LogP contribution in [0, 0.1) is 16.7 Å². The number of allylic oxidation sites excluding steroid dienone is 3. The van der Waals surface area contributed by atoms with Gasteiger partial charge in [-0.3, -0.25) is 5.41 Å². The van der Waals surface area contributed by atoms with Crippen molar-refractivity contribution in [2.45, 2.75) is 6.42 Å². The van der Waals surface area contributed by atoms with Gasteiger partial charge < -0.3 is 0 Å². The van der Waals surface area contributed by atoms with Crippen molar-refractivity contribution in [1.29, 1.82) is 10.7 Å². The lowest BCUT2D eigenvalue weighted by Gasteiger charge is -1.95. The van der Waals surface area contributed by atoms with E-state index >= 15 is 0 Å². The van der Waals surface area contributed by atoms with E-state index in [0.717, 1.165) is 17.5 Å². The van der Waals surface area contributed by atoms with Crippen molar-refractivity contribution in [1.82, 2.24) is 0 Å². The summed E-state index contributed by atoms with van der Waals surface area (Å²) in [6.45, 7) is 0. The lowest BCUT2D eigenvalue weighted by molar-refractivity contribution is 1.21. The van der Waals surface area contributed by atoms with Crippen molar-refractivity contribution in [3.8, 4) is 6.07 Å². The molecule has 1 aliphatic rings. The summed E-state index contributed by atoms with van der Waals surface area (Å²) in [6.07, 6.45) is 8.83. The molecule has 0 heterocycles. The maximum Gasteiger partial charge on any atom is 0.101 e. The molecule has 1 aliphatic carbocycles. The molecule has 0 spiro atoms. The Morgan fingerprint density at radius 1 is 1.27 bits per heavy atom. The molecule has 0 bridgehead atoms. The predicted octanol–water partition coefficient (Wildman–Crippen LogP) is 2.16. The third kappa shape index (κ3) is 1.87. The first-order valence-corrected chi connectivity index (χ1v) is 4.76. The van der Waals surface area contributed by atoms with Gasteiger partial charge in [-0.1, -0.05) is 30.4 Å². The van der Waals surface area contributed by atoms with Crippen LogP contribution in [0.3, 0.4) is 0 Å². The summed E-state index contributed by atoms with van der Waals surface area (Å²) in [5.41, 5.74) is 2.59. The molecule has 0 saturated heterocycles. The second-order valence-electron chi connectivity index (χ2n) is 3.39. The van der Waals surface area contributed by atoms with Crippen molar-refractivity contribution >= 4 is 6.08 Å². The fourth-order valence-corrected chi connectivity index (χ4v) is 1.57. The van der Waals surface area contributed by atoms with Crippen LogP contribution in [0.15, 0.2) is 36.4 Å². The first kappa shape index (κ1) is 9.42. The average Bonchev–Trinajstić information content (AvgIpc) is 2.51. The summed E-state index contributed by atoms with van der Waals surface area (Å²) in [6, 6.07) is 7.40. The molecule has 0 saturated carbocycles. The van der Waals surface area contributed by atoms with Gasteiger partial charge in [0.25, 0.3) is 0 Å². The molecule has 1 aromatic rings. The molecule has 0 fully saturated rings. The Morgan fingerprint density at radius 3 is 2.93 bits per heavy atom. The maximum atomic E-state index is 8.83. The van der Waals surface area contributed by atoms with Gasteiger partial charge in [-0.05, 0) is 29.7 Å². The van der Waals surface area contributed by atoms with Gasteiger partial charge in [-0.15, -0.1) is 0 Å². The van der Waals surface area contributed by atoms with E-state index < -0.39 is 0 Å². The minimum absolute atomic E-state index is 0.294. The fraction of sp³-hybridized carbons (Fsp3) is 0.0769. The SMILES string of the molecule is N#Cc1ccc2c(cc1=N)CC=CC=C2. The third-order valence-electron chi connectivity index (χ3n) is 2.39. The van der Waals surface area contributed by atoms with E-state index in [1.54, 1.807) is 12.1 Å². The van der Waals surface area contributed by atoms with Crippen molar-refractivity contribution in [3.63, 3.8) is 0 Å². The molecule has 0 amide bonds. The molecule has 0 aromatic heterocycles. The van der Waals surface area contributed by atoms with Crippen LogP contribution in [-0.4, -0.2) is 0 Å². The summed E-state index contributed by atoms with van der Waals surface area (Å²) in [5, 5.41) is 16.9. The largest absolute Gasteiger partial charge is 0.300 e. The monoisotopic (exact) mass is 194 g/mol. The van der Waals surface area contributed by atoms with Crippen LogP contribution in [0.25, 0.3) is 6.08 Å². The molecule has 15 heavy (non-hydrogen) atoms. The Balaban J connectivity index is 2.72. The molecular weight excluding hydrogens is 184 g/mol. The highest BCUT2D eigenvalue weighted by Crippen LogP contribution is 2.13. The molecule has 72 valence electrons. The van der Waals surface area contributed by atoms with Gasteiger partial charge >= 0.3 is 0 Å². The van der Waals surface area contributed by atoms with Crippen LogP contribution in [0.2, 0.25) is 0 Å². The normalized spacial score (nSPS) is 12.7. The number of nitrogens with zero attached hydrogens (tertiary/aromatic N) is 1. The Labute approximate surface area is 88.3 Å². The molecule has 0 unspecified atom stereocenters. The van der Waals surface area contributed by atoms with E-state index in [9.17, 15) is 0 Å². The Kier molecular flexibility index (Phi) is 2.47. The van der Waals surface area contributed by atoms with E-state index in [1.807, 2.05) is 36.4 Å². The number of hydrogen-bond donors (Lipinski definition) is 1. The maximum absolute atomic E-state index is 8.83. The summed E-state index contributed by atoms with van der Waals surface area (Å²) in [7, 11) is 0. The molecule has 2 nitrogen and oxygen atoms in total. The summed E-state index contributed by atoms with van der Waals surface area (Å²) < 4.78 is 0. The lowest BCUT2D eigenvalue weighted by Crippen LogP contribution is -2.01. The molecule has 0 aliphatic heterocycles. The number of nitrogens with one attached hydrogen (secondary N) is 1. The van der Waals surface area contributed by atoms with Gasteiger partial charge in [0.05, 0.1) is 10.9 Å². The standard InChI is InChI=1S/C13H10N2/c14-9-12-7-6-10-4-2-1-3-5-11(10)8-13(12)15/h1-4,6-8,15H,5H2. The summed E-state index contributed by atoms with van der Waals surface area (Å²) >= 11 is 0. The number of fused-ring (bicyclic) bond motifs is 1. The van der Waals surface area contributed by atoms with Crippen molar-refractivity contribution in [2.24, 2.45) is 0 Å². The highest BCUT2D eigenvalue weighted by molar-refractivity contribution is 5.57. The van der Waals surface area contributed by atoms with Crippen LogP contribution in [-0.2, 0) is 6.42 Å². The van der Waals surface area contributed by atoms with Gasteiger partial charge in [0.15, 0.2) is 0 Å². The van der Waals surface area contributed by atoms with Gasteiger partial charge in [0, 0.05) is 0 Å². The number of nitriles is 1. The topological polar surface area (TPSA) is 47.6 Å². The minimum Gasteiger partial charge on any atom is -0.300 e. The van der Waals surface area contributed by atoms with Crippen LogP contribution < -0.4 is 5.36 Å². The first-order chi connectivity index (χ1) is 7.31. The highest BCUT2D eigenvalue weighted by Gasteiger charge is 2.00. The van der Waals surface area contributed by atoms with E-state index in [2.05, 4.69) is 0 Å². The average molecular weight is 194 g/mol. The van der Waals surface area contributed by atoms with Gasteiger partial charge in [-0.25, -0.2) is 0 Å². The van der Waals surface area contributed by atoms with E-state index in [4.69, 9.17) is 10.7 Å². The zero-order valence-corrected chi connectivity index (χ0v) is 8.20. The summed E-state index contributed by atoms with van der Waals surface area (Å²) in [4.78, 5) is 0. The molecule has 1 N–H and O–H groups in total. The summed E-state index contributed by atoms with van der Waals surface area (Å²) in [5.74, 6) is 0. The first-order valence-electron chi connectivity index (χ1n) is 4.76. The van der Waals surface area contributed by atoms with Gasteiger partial charge in [-0.2, -0.15) is 5.26 Å². The second kappa shape index (κ2) is 3.93. The zero-order valence-electron chi connectivity index (χ0n) is 8.20. The van der Waals surface area contributed by atoms with Crippen LogP contribution in [0.5, 0.6) is 0 Å².